The minimum absolute atomic E-state index is 0.0457. The molecule has 0 atom stereocenters. The summed E-state index contributed by atoms with van der Waals surface area (Å²) in [6.45, 7) is 18.3. The molecule has 3 rings (SSSR count). The van der Waals surface area contributed by atoms with Gasteiger partial charge in [-0.15, -0.1) is 0 Å². The highest BCUT2D eigenvalue weighted by molar-refractivity contribution is 7.89. The number of unbranched alkanes of at least 4 members (excludes halogenated alkanes) is 2. The Bertz CT molecular complexity index is 1280. The SMILES string of the molecule is CCCCN(CCCC)c1cc(C(=O)N2CCNCC2(CC)CC)cc(S(=O)(=O)N(CC)CC)c1Oc1ccc(C)cc1. The molecular weight excluding hydrogens is 560 g/mol. The van der Waals surface area contributed by atoms with Crippen LogP contribution in [0.15, 0.2) is 41.3 Å². The van der Waals surface area contributed by atoms with Gasteiger partial charge in [0.15, 0.2) is 5.75 Å². The van der Waals surface area contributed by atoms with Gasteiger partial charge in [-0.2, -0.15) is 4.31 Å². The summed E-state index contributed by atoms with van der Waals surface area (Å²) >= 11 is 0. The van der Waals surface area contributed by atoms with Crippen molar-refractivity contribution in [1.29, 1.82) is 0 Å². The molecule has 1 N–H and O–H groups in total. The molecule has 0 unspecified atom stereocenters. The molecule has 1 amide bonds. The number of rotatable bonds is 16. The van der Waals surface area contributed by atoms with Gasteiger partial charge in [-0.05, 0) is 56.9 Å². The number of carbonyl (C=O) groups excluding carboxylic acids is 1. The fourth-order valence-corrected chi connectivity index (χ4v) is 7.53. The van der Waals surface area contributed by atoms with E-state index in [1.54, 1.807) is 6.07 Å². The fraction of sp³-hybridized carbons (Fsp3) is 0.618. The van der Waals surface area contributed by atoms with Crippen molar-refractivity contribution in [3.63, 3.8) is 0 Å². The van der Waals surface area contributed by atoms with E-state index in [0.29, 0.717) is 43.2 Å². The summed E-state index contributed by atoms with van der Waals surface area (Å²) in [5.74, 6) is 0.721. The Morgan fingerprint density at radius 1 is 0.953 bits per heavy atom. The molecular formula is C34H54N4O4S. The maximum atomic E-state index is 14.5. The van der Waals surface area contributed by atoms with Gasteiger partial charge in [0.25, 0.3) is 5.91 Å². The molecule has 2 aromatic rings. The molecule has 1 aliphatic rings. The van der Waals surface area contributed by atoms with Crippen molar-refractivity contribution in [2.24, 2.45) is 0 Å². The van der Waals surface area contributed by atoms with Gasteiger partial charge in [0.05, 0.1) is 11.2 Å². The Labute approximate surface area is 260 Å². The first-order chi connectivity index (χ1) is 20.6. The van der Waals surface area contributed by atoms with Gasteiger partial charge in [0.1, 0.15) is 10.6 Å². The van der Waals surface area contributed by atoms with Crippen molar-refractivity contribution in [3.8, 4) is 11.5 Å². The molecule has 0 radical (unpaired) electrons. The number of sulfonamides is 1. The number of nitrogens with zero attached hydrogens (tertiary/aromatic N) is 3. The van der Waals surface area contributed by atoms with Crippen LogP contribution in [-0.4, -0.2) is 74.9 Å². The second kappa shape index (κ2) is 15.9. The first-order valence-corrected chi connectivity index (χ1v) is 17.8. The monoisotopic (exact) mass is 614 g/mol. The summed E-state index contributed by atoms with van der Waals surface area (Å²) < 4.78 is 36.7. The molecule has 0 bridgehead atoms. The number of piperazine rings is 1. The highest BCUT2D eigenvalue weighted by Crippen LogP contribution is 2.42. The van der Waals surface area contributed by atoms with E-state index in [-0.39, 0.29) is 22.1 Å². The zero-order valence-corrected chi connectivity index (χ0v) is 28.4. The Kier molecular flexibility index (Phi) is 12.9. The molecule has 9 heteroatoms. The molecule has 0 aliphatic carbocycles. The summed E-state index contributed by atoms with van der Waals surface area (Å²) in [6.07, 6.45) is 5.50. The van der Waals surface area contributed by atoms with Crippen LogP contribution < -0.4 is 15.0 Å². The molecule has 0 saturated carbocycles. The van der Waals surface area contributed by atoms with Gasteiger partial charge in [-0.3, -0.25) is 4.79 Å². The summed E-state index contributed by atoms with van der Waals surface area (Å²) in [5, 5.41) is 3.47. The molecule has 43 heavy (non-hydrogen) atoms. The number of amides is 1. The van der Waals surface area contributed by atoms with Gasteiger partial charge in [-0.25, -0.2) is 8.42 Å². The van der Waals surface area contributed by atoms with E-state index in [1.165, 1.54) is 4.31 Å². The summed E-state index contributed by atoms with van der Waals surface area (Å²) in [7, 11) is -3.99. The summed E-state index contributed by atoms with van der Waals surface area (Å²) in [4.78, 5) is 18.7. The smallest absolute Gasteiger partial charge is 0.254 e. The Morgan fingerprint density at radius 3 is 2.09 bits per heavy atom. The fourth-order valence-electron chi connectivity index (χ4n) is 5.92. The van der Waals surface area contributed by atoms with E-state index in [1.807, 2.05) is 56.0 Å². The second-order valence-corrected chi connectivity index (χ2v) is 13.5. The molecule has 1 aliphatic heterocycles. The van der Waals surface area contributed by atoms with Gasteiger partial charge in [0, 0.05) is 51.4 Å². The standard InChI is InChI=1S/C34H54N4O4S/c1-8-14-21-36(22-15-9-2)30-24-28(33(39)38-23-20-35-26-34(38,10-3)11-4)25-31(43(40,41)37(12-5)13-6)32(30)42-29-18-16-27(7)17-19-29/h16-19,24-25,35H,8-15,20-23,26H2,1-7H3. The van der Waals surface area contributed by atoms with Gasteiger partial charge >= 0.3 is 0 Å². The topological polar surface area (TPSA) is 82.2 Å². The lowest BCUT2D eigenvalue weighted by Crippen LogP contribution is -2.62. The number of aryl methyl sites for hydroxylation is 1. The Balaban J connectivity index is 2.35. The normalized spacial score (nSPS) is 15.1. The van der Waals surface area contributed by atoms with Crippen molar-refractivity contribution in [2.45, 2.75) is 97.4 Å². The predicted octanol–water partition coefficient (Wildman–Crippen LogP) is 6.83. The van der Waals surface area contributed by atoms with Crippen LogP contribution in [0.25, 0.3) is 0 Å². The quantitative estimate of drug-likeness (QED) is 0.223. The lowest BCUT2D eigenvalue weighted by molar-refractivity contribution is 0.0338. The molecule has 2 aromatic carbocycles. The maximum absolute atomic E-state index is 14.5. The number of hydrogen-bond acceptors (Lipinski definition) is 6. The van der Waals surface area contributed by atoms with Crippen molar-refractivity contribution in [3.05, 3.63) is 47.5 Å². The zero-order chi connectivity index (χ0) is 31.6. The van der Waals surface area contributed by atoms with Crippen molar-refractivity contribution >= 4 is 21.6 Å². The highest BCUT2D eigenvalue weighted by atomic mass is 32.2. The van der Waals surface area contributed by atoms with E-state index in [2.05, 4.69) is 37.9 Å². The number of carbonyl (C=O) groups is 1. The maximum Gasteiger partial charge on any atom is 0.254 e. The largest absolute Gasteiger partial charge is 0.454 e. The van der Waals surface area contributed by atoms with E-state index in [9.17, 15) is 13.2 Å². The van der Waals surface area contributed by atoms with E-state index < -0.39 is 10.0 Å². The second-order valence-electron chi connectivity index (χ2n) is 11.6. The molecule has 1 heterocycles. The first kappa shape index (κ1) is 34.9. The van der Waals surface area contributed by atoms with Crippen LogP contribution in [0.2, 0.25) is 0 Å². The third kappa shape index (κ3) is 7.91. The lowest BCUT2D eigenvalue weighted by Gasteiger charge is -2.47. The van der Waals surface area contributed by atoms with Crippen LogP contribution in [0, 0.1) is 6.92 Å². The van der Waals surface area contributed by atoms with Gasteiger partial charge < -0.3 is 19.9 Å². The molecule has 8 nitrogen and oxygen atoms in total. The zero-order valence-electron chi connectivity index (χ0n) is 27.5. The van der Waals surface area contributed by atoms with Crippen LogP contribution in [0.1, 0.15) is 96.0 Å². The van der Waals surface area contributed by atoms with Crippen molar-refractivity contribution in [1.82, 2.24) is 14.5 Å². The number of hydrogen-bond donors (Lipinski definition) is 1. The van der Waals surface area contributed by atoms with E-state index in [0.717, 1.165) is 63.7 Å². The first-order valence-electron chi connectivity index (χ1n) is 16.3. The number of ether oxygens (including phenoxy) is 1. The van der Waals surface area contributed by atoms with E-state index in [4.69, 9.17) is 4.74 Å². The minimum atomic E-state index is -3.99. The summed E-state index contributed by atoms with van der Waals surface area (Å²) in [6, 6.07) is 11.1. The van der Waals surface area contributed by atoms with Crippen molar-refractivity contribution < 1.29 is 17.9 Å². The molecule has 0 aromatic heterocycles. The Morgan fingerprint density at radius 2 is 1.56 bits per heavy atom. The van der Waals surface area contributed by atoms with Crippen LogP contribution in [-0.2, 0) is 10.0 Å². The van der Waals surface area contributed by atoms with Crippen LogP contribution >= 0.6 is 0 Å². The lowest BCUT2D eigenvalue weighted by atomic mass is 9.88. The number of nitrogens with one attached hydrogen (secondary N) is 1. The average Bonchev–Trinajstić information content (AvgIpc) is 3.02. The molecule has 0 spiro atoms. The summed E-state index contributed by atoms with van der Waals surface area (Å²) in [5.41, 5.74) is 1.81. The van der Waals surface area contributed by atoms with Gasteiger partial charge in [0.2, 0.25) is 10.0 Å². The number of anilines is 1. The number of benzene rings is 2. The highest BCUT2D eigenvalue weighted by Gasteiger charge is 2.40. The predicted molar refractivity (Wildman–Crippen MR) is 177 cm³/mol. The average molecular weight is 615 g/mol. The van der Waals surface area contributed by atoms with Crippen LogP contribution in [0.5, 0.6) is 11.5 Å². The van der Waals surface area contributed by atoms with Gasteiger partial charge in [-0.1, -0.05) is 72.1 Å². The molecule has 1 fully saturated rings. The van der Waals surface area contributed by atoms with Crippen LogP contribution in [0.4, 0.5) is 5.69 Å². The molecule has 240 valence electrons. The van der Waals surface area contributed by atoms with Crippen LogP contribution in [0.3, 0.4) is 0 Å². The minimum Gasteiger partial charge on any atom is -0.454 e. The van der Waals surface area contributed by atoms with E-state index >= 15 is 0 Å². The third-order valence-electron chi connectivity index (χ3n) is 8.85. The Hall–Kier alpha value is -2.62. The third-order valence-corrected chi connectivity index (χ3v) is 10.9. The molecule has 1 saturated heterocycles. The van der Waals surface area contributed by atoms with Crippen molar-refractivity contribution in [2.75, 3.05) is 50.7 Å².